The lowest BCUT2D eigenvalue weighted by Crippen LogP contribution is -2.35. The van der Waals surface area contributed by atoms with Crippen molar-refractivity contribution >= 4 is 21.8 Å². The van der Waals surface area contributed by atoms with Gasteiger partial charge in [0.15, 0.2) is 0 Å². The molecule has 1 rings (SSSR count). The summed E-state index contributed by atoms with van der Waals surface area (Å²) in [5.74, 6) is -0.0307. The third-order valence-electron chi connectivity index (χ3n) is 2.52. The smallest absolute Gasteiger partial charge is 0.272 e. The summed E-state index contributed by atoms with van der Waals surface area (Å²) in [5.41, 5.74) is 0.487. The van der Waals surface area contributed by atoms with E-state index < -0.39 is 0 Å². The van der Waals surface area contributed by atoms with E-state index in [1.165, 1.54) is 0 Å². The number of nitrogens with zero attached hydrogens (tertiary/aromatic N) is 2. The number of aromatic nitrogens is 1. The first kappa shape index (κ1) is 12.2. The zero-order chi connectivity index (χ0) is 11.4. The van der Waals surface area contributed by atoms with Crippen LogP contribution in [0.5, 0.6) is 0 Å². The summed E-state index contributed by atoms with van der Waals surface area (Å²) in [6, 6.07) is 3.79. The van der Waals surface area contributed by atoms with Crippen LogP contribution in [-0.2, 0) is 0 Å². The molecule has 1 atom stereocenters. The number of carbonyl (C=O) groups excluding carboxylic acids is 1. The SMILES string of the molecule is CCC(C)N(C)C(=O)c1ccc(Br)cn1. The van der Waals surface area contributed by atoms with Crippen molar-refractivity contribution in [3.8, 4) is 0 Å². The van der Waals surface area contributed by atoms with Gasteiger partial charge in [0, 0.05) is 23.8 Å². The molecule has 0 N–H and O–H groups in total. The van der Waals surface area contributed by atoms with Crippen LogP contribution in [0.1, 0.15) is 30.8 Å². The van der Waals surface area contributed by atoms with E-state index in [1.807, 2.05) is 13.0 Å². The van der Waals surface area contributed by atoms with Crippen molar-refractivity contribution in [2.24, 2.45) is 0 Å². The summed E-state index contributed by atoms with van der Waals surface area (Å²) < 4.78 is 0.880. The molecule has 0 fully saturated rings. The number of rotatable bonds is 3. The second kappa shape index (κ2) is 5.26. The highest BCUT2D eigenvalue weighted by Gasteiger charge is 2.16. The van der Waals surface area contributed by atoms with E-state index in [0.717, 1.165) is 10.9 Å². The number of halogens is 1. The Bertz CT molecular complexity index is 337. The third-order valence-corrected chi connectivity index (χ3v) is 2.99. The van der Waals surface area contributed by atoms with Crippen LogP contribution >= 0.6 is 15.9 Å². The highest BCUT2D eigenvalue weighted by molar-refractivity contribution is 9.10. The van der Waals surface area contributed by atoms with E-state index in [-0.39, 0.29) is 11.9 Å². The van der Waals surface area contributed by atoms with Crippen molar-refractivity contribution in [3.63, 3.8) is 0 Å². The van der Waals surface area contributed by atoms with Crippen molar-refractivity contribution in [2.75, 3.05) is 7.05 Å². The predicted octanol–water partition coefficient (Wildman–Crippen LogP) is 2.71. The van der Waals surface area contributed by atoms with Gasteiger partial charge in [0.1, 0.15) is 5.69 Å². The lowest BCUT2D eigenvalue weighted by molar-refractivity contribution is 0.0734. The minimum Gasteiger partial charge on any atom is -0.338 e. The van der Waals surface area contributed by atoms with Crippen LogP contribution in [0, 0.1) is 0 Å². The molecule has 1 aromatic heterocycles. The zero-order valence-corrected chi connectivity index (χ0v) is 10.8. The van der Waals surface area contributed by atoms with E-state index in [4.69, 9.17) is 0 Å². The molecule has 1 amide bonds. The van der Waals surface area contributed by atoms with Crippen molar-refractivity contribution in [1.82, 2.24) is 9.88 Å². The molecule has 1 aromatic rings. The lowest BCUT2D eigenvalue weighted by atomic mass is 10.2. The quantitative estimate of drug-likeness (QED) is 0.846. The van der Waals surface area contributed by atoms with Crippen LogP contribution in [0.3, 0.4) is 0 Å². The zero-order valence-electron chi connectivity index (χ0n) is 9.20. The first-order chi connectivity index (χ1) is 7.06. The van der Waals surface area contributed by atoms with Gasteiger partial charge in [-0.25, -0.2) is 4.98 Å². The third kappa shape index (κ3) is 3.02. The minimum atomic E-state index is -0.0307. The van der Waals surface area contributed by atoms with E-state index in [2.05, 4.69) is 27.8 Å². The summed E-state index contributed by atoms with van der Waals surface area (Å²) in [5, 5.41) is 0. The first-order valence-electron chi connectivity index (χ1n) is 4.95. The monoisotopic (exact) mass is 270 g/mol. The minimum absolute atomic E-state index is 0.0307. The first-order valence-corrected chi connectivity index (χ1v) is 5.74. The molecule has 0 aliphatic heterocycles. The van der Waals surface area contributed by atoms with Gasteiger partial charge in [-0.15, -0.1) is 0 Å². The van der Waals surface area contributed by atoms with Crippen LogP contribution < -0.4 is 0 Å². The van der Waals surface area contributed by atoms with Gasteiger partial charge in [0.05, 0.1) is 0 Å². The Balaban J connectivity index is 2.80. The summed E-state index contributed by atoms with van der Waals surface area (Å²) >= 11 is 3.29. The predicted molar refractivity (Wildman–Crippen MR) is 63.8 cm³/mol. The van der Waals surface area contributed by atoms with Crippen LogP contribution in [0.15, 0.2) is 22.8 Å². The van der Waals surface area contributed by atoms with Gasteiger partial charge in [-0.05, 0) is 41.4 Å². The molecule has 1 heterocycles. The Morgan fingerprint density at radius 2 is 2.27 bits per heavy atom. The maximum atomic E-state index is 11.9. The number of pyridine rings is 1. The average Bonchev–Trinajstić information content (AvgIpc) is 2.27. The Hall–Kier alpha value is -0.900. The van der Waals surface area contributed by atoms with Crippen LogP contribution in [0.2, 0.25) is 0 Å². The highest BCUT2D eigenvalue weighted by atomic mass is 79.9. The molecule has 15 heavy (non-hydrogen) atoms. The summed E-state index contributed by atoms with van der Waals surface area (Å²) in [6.07, 6.45) is 2.58. The normalized spacial score (nSPS) is 12.3. The molecule has 0 bridgehead atoms. The van der Waals surface area contributed by atoms with E-state index in [1.54, 1.807) is 24.2 Å². The maximum Gasteiger partial charge on any atom is 0.272 e. The fraction of sp³-hybridized carbons (Fsp3) is 0.455. The second-order valence-electron chi connectivity index (χ2n) is 3.53. The van der Waals surface area contributed by atoms with Gasteiger partial charge in [0.2, 0.25) is 0 Å². The van der Waals surface area contributed by atoms with Crippen LogP contribution in [0.25, 0.3) is 0 Å². The number of amides is 1. The van der Waals surface area contributed by atoms with Crippen LogP contribution in [0.4, 0.5) is 0 Å². The second-order valence-corrected chi connectivity index (χ2v) is 4.45. The number of hydrogen-bond donors (Lipinski definition) is 0. The lowest BCUT2D eigenvalue weighted by Gasteiger charge is -2.23. The molecule has 0 aliphatic carbocycles. The molecule has 0 radical (unpaired) electrons. The summed E-state index contributed by atoms with van der Waals surface area (Å²) in [7, 11) is 1.81. The Morgan fingerprint density at radius 3 is 2.73 bits per heavy atom. The van der Waals surface area contributed by atoms with Gasteiger partial charge in [0.25, 0.3) is 5.91 Å². The summed E-state index contributed by atoms with van der Waals surface area (Å²) in [6.45, 7) is 4.08. The van der Waals surface area contributed by atoms with Gasteiger partial charge < -0.3 is 4.90 Å². The van der Waals surface area contributed by atoms with Gasteiger partial charge >= 0.3 is 0 Å². The maximum absolute atomic E-state index is 11.9. The molecule has 0 aliphatic rings. The van der Waals surface area contributed by atoms with Gasteiger partial charge in [-0.2, -0.15) is 0 Å². The molecule has 1 unspecified atom stereocenters. The van der Waals surface area contributed by atoms with Crippen molar-refractivity contribution < 1.29 is 4.79 Å². The molecular weight excluding hydrogens is 256 g/mol. The van der Waals surface area contributed by atoms with Gasteiger partial charge in [-0.1, -0.05) is 6.92 Å². The molecule has 0 aromatic carbocycles. The van der Waals surface area contributed by atoms with Crippen molar-refractivity contribution in [1.29, 1.82) is 0 Å². The summed E-state index contributed by atoms with van der Waals surface area (Å²) in [4.78, 5) is 17.7. The molecule has 0 saturated heterocycles. The largest absolute Gasteiger partial charge is 0.338 e. The standard InChI is InChI=1S/C11H15BrN2O/c1-4-8(2)14(3)11(15)10-6-5-9(12)7-13-10/h5-8H,4H2,1-3H3. The average molecular weight is 271 g/mol. The van der Waals surface area contributed by atoms with Crippen molar-refractivity contribution in [3.05, 3.63) is 28.5 Å². The Morgan fingerprint density at radius 1 is 1.60 bits per heavy atom. The fourth-order valence-electron chi connectivity index (χ4n) is 1.16. The molecule has 0 saturated carbocycles. The Kier molecular flexibility index (Phi) is 4.27. The van der Waals surface area contributed by atoms with Crippen LogP contribution in [-0.4, -0.2) is 28.9 Å². The molecule has 3 nitrogen and oxygen atoms in total. The van der Waals surface area contributed by atoms with Gasteiger partial charge in [-0.3, -0.25) is 4.79 Å². The molecular formula is C11H15BrN2O. The van der Waals surface area contributed by atoms with E-state index in [0.29, 0.717) is 5.69 Å². The fourth-order valence-corrected chi connectivity index (χ4v) is 1.39. The Labute approximate surface area is 98.6 Å². The topological polar surface area (TPSA) is 33.2 Å². The van der Waals surface area contributed by atoms with E-state index >= 15 is 0 Å². The molecule has 0 spiro atoms. The highest BCUT2D eigenvalue weighted by Crippen LogP contribution is 2.10. The molecule has 4 heteroatoms. The van der Waals surface area contributed by atoms with Crippen molar-refractivity contribution in [2.45, 2.75) is 26.3 Å². The number of carbonyl (C=O) groups is 1. The van der Waals surface area contributed by atoms with E-state index in [9.17, 15) is 4.79 Å². The molecule has 82 valence electrons. The number of hydrogen-bond acceptors (Lipinski definition) is 2.